The van der Waals surface area contributed by atoms with Crippen molar-refractivity contribution in [3.63, 3.8) is 0 Å². The molecular weight excluding hydrogens is 350 g/mol. The van der Waals surface area contributed by atoms with E-state index in [1.165, 1.54) is 37.4 Å². The van der Waals surface area contributed by atoms with Crippen LogP contribution in [0.5, 0.6) is 17.2 Å². The molecule has 0 unspecified atom stereocenters. The van der Waals surface area contributed by atoms with Crippen LogP contribution in [0.15, 0.2) is 42.5 Å². The number of hydrogen-bond donors (Lipinski definition) is 2. The van der Waals surface area contributed by atoms with Gasteiger partial charge in [-0.2, -0.15) is 8.78 Å². The Morgan fingerprint density at radius 1 is 1.15 bits per heavy atom. The van der Waals surface area contributed by atoms with E-state index in [9.17, 15) is 18.4 Å². The average molecular weight is 366 g/mol. The number of amides is 2. The lowest BCUT2D eigenvalue weighted by atomic mass is 10.2. The number of methoxy groups -OCH3 is 1. The molecular formula is C17H16F2N2O5. The Kier molecular flexibility index (Phi) is 6.31. The Labute approximate surface area is 147 Å². The van der Waals surface area contributed by atoms with Crippen LogP contribution in [0.4, 0.5) is 14.5 Å². The summed E-state index contributed by atoms with van der Waals surface area (Å²) in [5.41, 5.74) is 5.46. The van der Waals surface area contributed by atoms with Gasteiger partial charge in [-0.3, -0.25) is 9.59 Å². The predicted octanol–water partition coefficient (Wildman–Crippen LogP) is 2.41. The van der Waals surface area contributed by atoms with E-state index in [1.807, 2.05) is 0 Å². The van der Waals surface area contributed by atoms with Crippen LogP contribution in [0.2, 0.25) is 0 Å². The van der Waals surface area contributed by atoms with Crippen LogP contribution < -0.4 is 25.3 Å². The van der Waals surface area contributed by atoms with Gasteiger partial charge in [0.2, 0.25) is 0 Å². The number of alkyl halides is 2. The molecule has 0 radical (unpaired) electrons. The number of hydrogen-bond acceptors (Lipinski definition) is 5. The number of nitrogens with one attached hydrogen (secondary N) is 1. The maximum atomic E-state index is 12.5. The number of halogens is 2. The number of ether oxygens (including phenoxy) is 3. The van der Waals surface area contributed by atoms with Gasteiger partial charge >= 0.3 is 6.61 Å². The molecule has 2 aromatic carbocycles. The van der Waals surface area contributed by atoms with Gasteiger partial charge in [0.15, 0.2) is 18.1 Å². The summed E-state index contributed by atoms with van der Waals surface area (Å²) in [6.45, 7) is -3.35. The second-order valence-electron chi connectivity index (χ2n) is 4.98. The van der Waals surface area contributed by atoms with E-state index in [-0.39, 0.29) is 35.1 Å². The highest BCUT2D eigenvalue weighted by Crippen LogP contribution is 2.31. The molecule has 26 heavy (non-hydrogen) atoms. The number of primary amides is 1. The molecule has 0 atom stereocenters. The highest BCUT2D eigenvalue weighted by Gasteiger charge is 2.13. The summed E-state index contributed by atoms with van der Waals surface area (Å²) in [6.07, 6.45) is 0. The number of nitrogens with two attached hydrogens (primary N) is 1. The Morgan fingerprint density at radius 2 is 1.92 bits per heavy atom. The van der Waals surface area contributed by atoms with E-state index in [4.69, 9.17) is 15.2 Å². The number of benzene rings is 2. The first-order valence-electron chi connectivity index (χ1n) is 7.34. The Balaban J connectivity index is 2.14. The van der Waals surface area contributed by atoms with Crippen LogP contribution in [0, 0.1) is 0 Å². The Bertz CT molecular complexity index is 798. The molecule has 0 bridgehead atoms. The van der Waals surface area contributed by atoms with Gasteiger partial charge in [0.25, 0.3) is 11.8 Å². The van der Waals surface area contributed by atoms with Crippen molar-refractivity contribution in [2.75, 3.05) is 19.0 Å². The van der Waals surface area contributed by atoms with Crippen molar-refractivity contribution in [3.8, 4) is 17.2 Å². The zero-order valence-corrected chi connectivity index (χ0v) is 13.7. The van der Waals surface area contributed by atoms with Gasteiger partial charge < -0.3 is 25.3 Å². The first-order valence-corrected chi connectivity index (χ1v) is 7.34. The molecule has 3 N–H and O–H groups in total. The van der Waals surface area contributed by atoms with Crippen molar-refractivity contribution in [1.82, 2.24) is 0 Å². The molecule has 9 heteroatoms. The molecule has 0 aliphatic carbocycles. The summed E-state index contributed by atoms with van der Waals surface area (Å²) >= 11 is 0. The molecule has 2 aromatic rings. The summed E-state index contributed by atoms with van der Waals surface area (Å²) in [7, 11) is 1.31. The summed E-state index contributed by atoms with van der Waals surface area (Å²) in [6, 6.07) is 10.1. The first kappa shape index (κ1) is 19.0. The van der Waals surface area contributed by atoms with Gasteiger partial charge in [-0.1, -0.05) is 6.07 Å². The SMILES string of the molecule is COc1ccc(NC(=O)c2cccc(OCC(N)=O)c2)cc1OC(F)F. The standard InChI is InChI=1S/C17H16F2N2O5/c1-24-13-6-5-11(8-14(13)26-17(18)19)21-16(23)10-3-2-4-12(7-10)25-9-15(20)22/h2-8,17H,9H2,1H3,(H2,20,22)(H,21,23). The molecule has 2 rings (SSSR count). The predicted molar refractivity (Wildman–Crippen MR) is 88.7 cm³/mol. The Morgan fingerprint density at radius 3 is 2.58 bits per heavy atom. The second kappa shape index (κ2) is 8.65. The first-order chi connectivity index (χ1) is 12.4. The minimum atomic E-state index is -3.03. The van der Waals surface area contributed by atoms with E-state index in [2.05, 4.69) is 10.1 Å². The van der Waals surface area contributed by atoms with Crippen molar-refractivity contribution >= 4 is 17.5 Å². The maximum absolute atomic E-state index is 12.5. The molecule has 0 aliphatic heterocycles. The summed E-state index contributed by atoms with van der Waals surface area (Å²) in [4.78, 5) is 23.0. The van der Waals surface area contributed by atoms with Crippen molar-refractivity contribution in [2.45, 2.75) is 6.61 Å². The highest BCUT2D eigenvalue weighted by atomic mass is 19.3. The fourth-order valence-corrected chi connectivity index (χ4v) is 2.03. The quantitative estimate of drug-likeness (QED) is 0.747. The summed E-state index contributed by atoms with van der Waals surface area (Å²) < 4.78 is 39.3. The largest absolute Gasteiger partial charge is 0.493 e. The zero-order chi connectivity index (χ0) is 19.1. The van der Waals surface area contributed by atoms with Crippen LogP contribution in [0.1, 0.15) is 10.4 Å². The van der Waals surface area contributed by atoms with E-state index in [1.54, 1.807) is 12.1 Å². The van der Waals surface area contributed by atoms with E-state index in [0.717, 1.165) is 0 Å². The average Bonchev–Trinajstić information content (AvgIpc) is 2.60. The highest BCUT2D eigenvalue weighted by molar-refractivity contribution is 6.04. The Hall–Kier alpha value is -3.36. The molecule has 0 saturated carbocycles. The van der Waals surface area contributed by atoms with Crippen molar-refractivity contribution < 1.29 is 32.6 Å². The minimum Gasteiger partial charge on any atom is -0.493 e. The van der Waals surface area contributed by atoms with Crippen molar-refractivity contribution in [3.05, 3.63) is 48.0 Å². The van der Waals surface area contributed by atoms with Crippen molar-refractivity contribution in [2.24, 2.45) is 5.73 Å². The van der Waals surface area contributed by atoms with Crippen LogP contribution in [0.3, 0.4) is 0 Å². The third-order valence-electron chi connectivity index (χ3n) is 3.11. The molecule has 138 valence electrons. The molecule has 0 spiro atoms. The van der Waals surface area contributed by atoms with Gasteiger partial charge in [0.05, 0.1) is 7.11 Å². The lowest BCUT2D eigenvalue weighted by molar-refractivity contribution is -0.119. The van der Waals surface area contributed by atoms with Crippen LogP contribution >= 0.6 is 0 Å². The molecule has 0 fully saturated rings. The van der Waals surface area contributed by atoms with Gasteiger partial charge in [0.1, 0.15) is 5.75 Å². The number of carbonyl (C=O) groups is 2. The van der Waals surface area contributed by atoms with Crippen LogP contribution in [0.25, 0.3) is 0 Å². The fourth-order valence-electron chi connectivity index (χ4n) is 2.03. The minimum absolute atomic E-state index is 0.102. The topological polar surface area (TPSA) is 99.9 Å². The molecule has 0 aliphatic rings. The third kappa shape index (κ3) is 5.33. The lowest BCUT2D eigenvalue weighted by Crippen LogP contribution is -2.20. The van der Waals surface area contributed by atoms with E-state index >= 15 is 0 Å². The molecule has 7 nitrogen and oxygen atoms in total. The normalized spacial score (nSPS) is 10.3. The van der Waals surface area contributed by atoms with E-state index < -0.39 is 18.4 Å². The zero-order valence-electron chi connectivity index (χ0n) is 13.7. The smallest absolute Gasteiger partial charge is 0.387 e. The monoisotopic (exact) mass is 366 g/mol. The second-order valence-corrected chi connectivity index (χ2v) is 4.98. The van der Waals surface area contributed by atoms with Gasteiger partial charge in [-0.15, -0.1) is 0 Å². The van der Waals surface area contributed by atoms with Crippen molar-refractivity contribution in [1.29, 1.82) is 0 Å². The number of rotatable bonds is 8. The molecule has 0 heterocycles. The number of carbonyl (C=O) groups excluding carboxylic acids is 2. The third-order valence-corrected chi connectivity index (χ3v) is 3.11. The number of anilines is 1. The van der Waals surface area contributed by atoms with Crippen LogP contribution in [-0.4, -0.2) is 32.1 Å². The maximum Gasteiger partial charge on any atom is 0.387 e. The summed E-state index contributed by atoms with van der Waals surface area (Å²) in [5.74, 6) is -0.982. The van der Waals surface area contributed by atoms with E-state index in [0.29, 0.717) is 0 Å². The fraction of sp³-hybridized carbons (Fsp3) is 0.176. The van der Waals surface area contributed by atoms with Gasteiger partial charge in [0, 0.05) is 17.3 Å². The lowest BCUT2D eigenvalue weighted by Gasteiger charge is -2.12. The van der Waals surface area contributed by atoms with Gasteiger partial charge in [-0.05, 0) is 30.3 Å². The van der Waals surface area contributed by atoms with Gasteiger partial charge in [-0.25, -0.2) is 0 Å². The molecule has 0 saturated heterocycles. The summed E-state index contributed by atoms with van der Waals surface area (Å²) in [5, 5.41) is 2.55. The molecule has 2 amide bonds. The molecule has 0 aromatic heterocycles. The van der Waals surface area contributed by atoms with Crippen LogP contribution in [-0.2, 0) is 4.79 Å².